The first-order chi connectivity index (χ1) is 19.3. The number of benzene rings is 1. The van der Waals surface area contributed by atoms with Gasteiger partial charge in [-0.15, -0.1) is 11.3 Å². The molecule has 0 saturated carbocycles. The van der Waals surface area contributed by atoms with Crippen LogP contribution in [0.3, 0.4) is 0 Å². The van der Waals surface area contributed by atoms with Crippen molar-refractivity contribution in [2.45, 2.75) is 44.5 Å². The fraction of sp³-hybridized carbons (Fsp3) is 0.556. The van der Waals surface area contributed by atoms with Crippen molar-refractivity contribution in [2.24, 2.45) is 11.0 Å². The molecule has 12 nitrogen and oxygen atoms in total. The van der Waals surface area contributed by atoms with E-state index in [9.17, 15) is 14.4 Å². The van der Waals surface area contributed by atoms with Gasteiger partial charge in [0.05, 0.1) is 17.8 Å². The molecule has 5 unspecified atom stereocenters. The zero-order valence-corrected chi connectivity index (χ0v) is 23.7. The third-order valence-electron chi connectivity index (χ3n) is 8.12. The molecule has 0 radical (unpaired) electrons. The Morgan fingerprint density at radius 3 is 2.65 bits per heavy atom. The molecule has 3 aliphatic heterocycles. The van der Waals surface area contributed by atoms with Crippen LogP contribution in [0.15, 0.2) is 34.8 Å². The summed E-state index contributed by atoms with van der Waals surface area (Å²) < 4.78 is 5.53. The number of hydrogen-bond acceptors (Lipinski definition) is 9. The summed E-state index contributed by atoms with van der Waals surface area (Å²) in [4.78, 5) is 53.2. The first-order valence-electron chi connectivity index (χ1n) is 13.6. The Morgan fingerprint density at radius 2 is 1.98 bits per heavy atom. The van der Waals surface area contributed by atoms with Crippen LogP contribution >= 0.6 is 11.3 Å². The van der Waals surface area contributed by atoms with Crippen molar-refractivity contribution in [1.29, 1.82) is 0 Å². The maximum atomic E-state index is 13.7. The number of likely N-dealkylation sites (N-methyl/N-ethyl adjacent to an activating group) is 1. The van der Waals surface area contributed by atoms with Crippen LogP contribution in [0.1, 0.15) is 30.6 Å². The lowest BCUT2D eigenvalue weighted by atomic mass is 9.96. The summed E-state index contributed by atoms with van der Waals surface area (Å²) in [5, 5.41) is 9.67. The van der Waals surface area contributed by atoms with Gasteiger partial charge >= 0.3 is 0 Å². The van der Waals surface area contributed by atoms with Crippen molar-refractivity contribution in [1.82, 2.24) is 20.1 Å². The molecule has 1 aromatic heterocycles. The average molecular weight is 567 g/mol. The van der Waals surface area contributed by atoms with E-state index in [0.717, 1.165) is 42.6 Å². The standard InChI is InChI=1S/C27H34N8O4S/c1-4-16(2)22(26(38)35-13-19(31-32-28)24-23(35)21(36)14-39-24)30-25(37)18-7-5-17(6-8-18)20-15-40-27(29-20)34-11-9-33(3)10-12-34/h5-8,15-16,19,22-24H,4,9-14H2,1-3H3,(H,30,37). The minimum atomic E-state index is -0.847. The minimum absolute atomic E-state index is 0.0746. The summed E-state index contributed by atoms with van der Waals surface area (Å²) in [5.41, 5.74) is 11.1. The number of carbonyl (C=O) groups excluding carboxylic acids is 3. The first-order valence-corrected chi connectivity index (χ1v) is 14.5. The number of carbonyl (C=O) groups is 3. The molecule has 0 spiro atoms. The molecule has 13 heteroatoms. The third-order valence-corrected chi connectivity index (χ3v) is 9.02. The number of ketones is 1. The number of azide groups is 1. The summed E-state index contributed by atoms with van der Waals surface area (Å²) in [6.45, 7) is 7.69. The predicted molar refractivity (Wildman–Crippen MR) is 151 cm³/mol. The Bertz CT molecular complexity index is 1300. The van der Waals surface area contributed by atoms with E-state index in [1.165, 1.54) is 4.90 Å². The Morgan fingerprint density at radius 1 is 1.25 bits per heavy atom. The second-order valence-corrected chi connectivity index (χ2v) is 11.5. The van der Waals surface area contributed by atoms with E-state index in [4.69, 9.17) is 15.3 Å². The SMILES string of the molecule is CCC(C)C(NC(=O)c1ccc(-c2csc(N3CCN(C)CC3)n2)cc1)C(=O)N1CC(N=[N+]=[N-])C2OCC(=O)C21. The van der Waals surface area contributed by atoms with Crippen LogP contribution in [0.2, 0.25) is 0 Å². The molecule has 1 N–H and O–H groups in total. The number of fused-ring (bicyclic) bond motifs is 1. The number of piperazine rings is 1. The van der Waals surface area contributed by atoms with Gasteiger partial charge in [0.25, 0.3) is 5.91 Å². The molecule has 3 fully saturated rings. The van der Waals surface area contributed by atoms with Gasteiger partial charge < -0.3 is 24.8 Å². The summed E-state index contributed by atoms with van der Waals surface area (Å²) in [6.07, 6.45) is -0.0167. The maximum Gasteiger partial charge on any atom is 0.251 e. The fourth-order valence-electron chi connectivity index (χ4n) is 5.44. The Labute approximate surface area is 236 Å². The van der Waals surface area contributed by atoms with E-state index in [-0.39, 0.29) is 36.7 Å². The van der Waals surface area contributed by atoms with Crippen molar-refractivity contribution < 1.29 is 19.1 Å². The third kappa shape index (κ3) is 5.55. The van der Waals surface area contributed by atoms with E-state index in [1.807, 2.05) is 31.4 Å². The van der Waals surface area contributed by atoms with E-state index in [0.29, 0.717) is 12.0 Å². The van der Waals surface area contributed by atoms with Crippen LogP contribution in [-0.2, 0) is 14.3 Å². The van der Waals surface area contributed by atoms with E-state index < -0.39 is 24.2 Å². The molecule has 3 saturated heterocycles. The smallest absolute Gasteiger partial charge is 0.251 e. The van der Waals surface area contributed by atoms with Gasteiger partial charge in [-0.1, -0.05) is 37.5 Å². The van der Waals surface area contributed by atoms with Gasteiger partial charge in [0.1, 0.15) is 18.7 Å². The predicted octanol–water partition coefficient (Wildman–Crippen LogP) is 2.56. The van der Waals surface area contributed by atoms with Gasteiger partial charge in [-0.05, 0) is 30.6 Å². The van der Waals surface area contributed by atoms with Crippen molar-refractivity contribution in [3.05, 3.63) is 45.7 Å². The number of Topliss-reactive ketones (excluding diaryl/α,β-unsaturated/α-hetero) is 1. The zero-order chi connectivity index (χ0) is 28.4. The van der Waals surface area contributed by atoms with Crippen LogP contribution in [0, 0.1) is 5.92 Å². The highest BCUT2D eigenvalue weighted by atomic mass is 32.1. The highest BCUT2D eigenvalue weighted by Crippen LogP contribution is 2.31. The van der Waals surface area contributed by atoms with Crippen LogP contribution in [-0.4, -0.2) is 103 Å². The highest BCUT2D eigenvalue weighted by molar-refractivity contribution is 7.14. The Kier molecular flexibility index (Phi) is 8.36. The van der Waals surface area contributed by atoms with Gasteiger partial charge in [-0.3, -0.25) is 14.4 Å². The monoisotopic (exact) mass is 566 g/mol. The molecule has 40 heavy (non-hydrogen) atoms. The molecule has 212 valence electrons. The summed E-state index contributed by atoms with van der Waals surface area (Å²) in [7, 11) is 2.12. The molecule has 2 aromatic rings. The number of hydrogen-bond donors (Lipinski definition) is 1. The summed E-state index contributed by atoms with van der Waals surface area (Å²) in [5.74, 6) is -1.16. The second kappa shape index (κ2) is 11.9. The molecular formula is C27H34N8O4S. The number of nitrogens with one attached hydrogen (secondary N) is 1. The molecule has 1 aromatic carbocycles. The fourth-order valence-corrected chi connectivity index (χ4v) is 6.33. The Balaban J connectivity index is 1.28. The molecule has 2 amide bonds. The van der Waals surface area contributed by atoms with Crippen molar-refractivity contribution >= 4 is 34.1 Å². The topological polar surface area (TPSA) is 144 Å². The lowest BCUT2D eigenvalue weighted by Crippen LogP contribution is -2.54. The van der Waals surface area contributed by atoms with Crippen LogP contribution in [0.25, 0.3) is 21.7 Å². The molecular weight excluding hydrogens is 532 g/mol. The molecule has 0 aliphatic carbocycles. The molecule has 5 atom stereocenters. The molecule has 0 bridgehead atoms. The number of aromatic nitrogens is 1. The molecule has 4 heterocycles. The van der Waals surface area contributed by atoms with Crippen molar-refractivity contribution in [2.75, 3.05) is 51.3 Å². The summed E-state index contributed by atoms with van der Waals surface area (Å²) in [6, 6.07) is 4.89. The lowest BCUT2D eigenvalue weighted by Gasteiger charge is -2.32. The largest absolute Gasteiger partial charge is 0.367 e. The van der Waals surface area contributed by atoms with E-state index >= 15 is 0 Å². The zero-order valence-electron chi connectivity index (χ0n) is 22.9. The van der Waals surface area contributed by atoms with E-state index in [1.54, 1.807) is 23.5 Å². The first kappa shape index (κ1) is 28.0. The molecule has 5 rings (SSSR count). The average Bonchev–Trinajstić information content (AvgIpc) is 3.69. The van der Waals surface area contributed by atoms with Crippen molar-refractivity contribution in [3.8, 4) is 11.3 Å². The number of nitrogens with zero attached hydrogens (tertiary/aromatic N) is 7. The minimum Gasteiger partial charge on any atom is -0.367 e. The Hall–Kier alpha value is -3.51. The maximum absolute atomic E-state index is 13.7. The number of thiazole rings is 1. The number of likely N-dealkylation sites (tertiary alicyclic amines) is 1. The van der Waals surface area contributed by atoms with Crippen LogP contribution in [0.5, 0.6) is 0 Å². The van der Waals surface area contributed by atoms with Gasteiger partial charge in [0.15, 0.2) is 10.9 Å². The number of anilines is 1. The van der Waals surface area contributed by atoms with E-state index in [2.05, 4.69) is 32.2 Å². The highest BCUT2D eigenvalue weighted by Gasteiger charge is 2.53. The molecule has 3 aliphatic rings. The normalized spacial score (nSPS) is 24.4. The quantitative estimate of drug-likeness (QED) is 0.294. The number of ether oxygens (including phenoxy) is 1. The number of amides is 2. The van der Waals surface area contributed by atoms with Gasteiger partial charge in [-0.2, -0.15) is 0 Å². The van der Waals surface area contributed by atoms with Crippen LogP contribution < -0.4 is 10.2 Å². The second-order valence-electron chi connectivity index (χ2n) is 10.7. The summed E-state index contributed by atoms with van der Waals surface area (Å²) >= 11 is 1.62. The van der Waals surface area contributed by atoms with Gasteiger partial charge in [-0.25, -0.2) is 4.98 Å². The lowest BCUT2D eigenvalue weighted by molar-refractivity contribution is -0.139. The van der Waals surface area contributed by atoms with Gasteiger partial charge in [0.2, 0.25) is 5.91 Å². The van der Waals surface area contributed by atoms with Crippen molar-refractivity contribution in [3.63, 3.8) is 0 Å². The van der Waals surface area contributed by atoms with Gasteiger partial charge in [0, 0.05) is 54.1 Å². The van der Waals surface area contributed by atoms with Crippen LogP contribution in [0.4, 0.5) is 5.13 Å². The number of rotatable bonds is 8.